The Labute approximate surface area is 184 Å². The fourth-order valence-electron chi connectivity index (χ4n) is 4.55. The maximum Gasteiger partial charge on any atom is 0.300 e. The fourth-order valence-corrected chi connectivity index (χ4v) is 4.55. The third-order valence-electron chi connectivity index (χ3n) is 6.13. The van der Waals surface area contributed by atoms with Gasteiger partial charge in [-0.2, -0.15) is 10.1 Å². The molecule has 8 heteroatoms. The fraction of sp³-hybridized carbons (Fsp3) is 0.250. The van der Waals surface area contributed by atoms with Gasteiger partial charge in [0, 0.05) is 11.3 Å². The van der Waals surface area contributed by atoms with E-state index in [0.717, 1.165) is 46.3 Å². The molecule has 0 atom stereocenters. The average Bonchev–Trinajstić information content (AvgIpc) is 3.41. The molecule has 2 aromatic carbocycles. The molecule has 3 N–H and O–H groups in total. The van der Waals surface area contributed by atoms with Crippen LogP contribution < -0.4 is 11.1 Å². The van der Waals surface area contributed by atoms with Crippen molar-refractivity contribution in [3.05, 3.63) is 54.9 Å². The van der Waals surface area contributed by atoms with Crippen LogP contribution >= 0.6 is 0 Å². The zero-order chi connectivity index (χ0) is 21.5. The molecule has 160 valence electrons. The molecular formula is C24H23N7O. The van der Waals surface area contributed by atoms with E-state index in [-0.39, 0.29) is 0 Å². The number of fused-ring (bicyclic) bond motifs is 2. The van der Waals surface area contributed by atoms with Crippen LogP contribution in [-0.4, -0.2) is 24.7 Å². The van der Waals surface area contributed by atoms with Crippen LogP contribution in [-0.2, 0) is 0 Å². The summed E-state index contributed by atoms with van der Waals surface area (Å²) in [7, 11) is 0. The Bertz CT molecular complexity index is 1400. The molecule has 5 aromatic rings. The molecule has 0 amide bonds. The third kappa shape index (κ3) is 3.24. The average molecular weight is 425 g/mol. The van der Waals surface area contributed by atoms with E-state index in [4.69, 9.17) is 15.2 Å². The number of para-hydroxylation sites is 1. The van der Waals surface area contributed by atoms with Crippen molar-refractivity contribution in [1.29, 1.82) is 0 Å². The maximum absolute atomic E-state index is 6.29. The van der Waals surface area contributed by atoms with Crippen LogP contribution in [0.15, 0.2) is 59.3 Å². The van der Waals surface area contributed by atoms with Crippen LogP contribution in [0.2, 0.25) is 0 Å². The van der Waals surface area contributed by atoms with E-state index in [0.29, 0.717) is 23.5 Å². The smallest absolute Gasteiger partial charge is 0.300 e. The van der Waals surface area contributed by atoms with Gasteiger partial charge in [-0.1, -0.05) is 43.5 Å². The number of nitrogens with two attached hydrogens (primary N) is 1. The highest BCUT2D eigenvalue weighted by molar-refractivity contribution is 5.99. The Balaban J connectivity index is 1.43. The summed E-state index contributed by atoms with van der Waals surface area (Å²) >= 11 is 0. The van der Waals surface area contributed by atoms with Gasteiger partial charge in [0.25, 0.3) is 6.01 Å². The Kier molecular flexibility index (Phi) is 4.49. The normalized spacial score (nSPS) is 14.9. The van der Waals surface area contributed by atoms with Gasteiger partial charge in [-0.25, -0.2) is 14.6 Å². The number of nitrogens with zero attached hydrogens (tertiary/aromatic N) is 5. The van der Waals surface area contributed by atoms with E-state index in [1.807, 2.05) is 48.5 Å². The van der Waals surface area contributed by atoms with Gasteiger partial charge in [-0.15, -0.1) is 0 Å². The molecule has 32 heavy (non-hydrogen) atoms. The number of anilines is 3. The molecule has 1 aliphatic carbocycles. The van der Waals surface area contributed by atoms with Gasteiger partial charge >= 0.3 is 0 Å². The lowest BCUT2D eigenvalue weighted by Crippen LogP contribution is -2.14. The minimum absolute atomic E-state index is 0.338. The van der Waals surface area contributed by atoms with Crippen LogP contribution in [0.5, 0.6) is 0 Å². The molecular weight excluding hydrogens is 402 g/mol. The minimum atomic E-state index is 0.338. The van der Waals surface area contributed by atoms with E-state index in [9.17, 15) is 0 Å². The molecule has 1 aliphatic rings. The number of oxazole rings is 1. The third-order valence-corrected chi connectivity index (χ3v) is 6.13. The predicted octanol–water partition coefficient (Wildman–Crippen LogP) is 5.47. The second-order valence-corrected chi connectivity index (χ2v) is 8.24. The zero-order valence-electron chi connectivity index (χ0n) is 17.5. The highest BCUT2D eigenvalue weighted by Gasteiger charge is 2.24. The van der Waals surface area contributed by atoms with Gasteiger partial charge in [-0.3, -0.25) is 0 Å². The first-order chi connectivity index (χ1) is 15.8. The summed E-state index contributed by atoms with van der Waals surface area (Å²) in [5.41, 5.74) is 11.1. The lowest BCUT2D eigenvalue weighted by Gasteiger charge is -2.22. The molecule has 0 aliphatic heterocycles. The van der Waals surface area contributed by atoms with E-state index in [1.165, 1.54) is 25.6 Å². The molecule has 8 nitrogen and oxygen atoms in total. The summed E-state index contributed by atoms with van der Waals surface area (Å²) < 4.78 is 8.03. The second-order valence-electron chi connectivity index (χ2n) is 8.24. The standard InChI is InChI=1S/C24H23N7O/c25-22-20-21(30-31(23(20)27-14-26-22)17-9-5-2-6-10-17)15-11-12-18-19(13-15)32-24(29-18)28-16-7-3-1-4-8-16/h1,3-4,7-8,11-14,17H,2,5-6,9-10H2,(H,28,29)(H2,25,26,27). The number of nitrogen functional groups attached to an aromatic ring is 1. The van der Waals surface area contributed by atoms with E-state index < -0.39 is 0 Å². The number of nitrogens with one attached hydrogen (secondary N) is 1. The molecule has 0 unspecified atom stereocenters. The molecule has 3 heterocycles. The topological polar surface area (TPSA) is 108 Å². The SMILES string of the molecule is Nc1ncnc2c1c(-c1ccc3nc(Nc4ccccc4)oc3c1)nn2C1CCCCC1. The molecule has 0 saturated heterocycles. The van der Waals surface area contributed by atoms with Gasteiger partial charge in [-0.05, 0) is 37.1 Å². The van der Waals surface area contributed by atoms with Crippen LogP contribution in [0, 0.1) is 0 Å². The number of aromatic nitrogens is 5. The Morgan fingerprint density at radius 3 is 2.69 bits per heavy atom. The summed E-state index contributed by atoms with van der Waals surface area (Å²) in [5.74, 6) is 0.441. The Hall–Kier alpha value is -3.94. The molecule has 3 aromatic heterocycles. The summed E-state index contributed by atoms with van der Waals surface area (Å²) in [6.07, 6.45) is 7.43. The number of rotatable bonds is 4. The van der Waals surface area contributed by atoms with Crippen molar-refractivity contribution in [2.75, 3.05) is 11.1 Å². The molecule has 1 fully saturated rings. The molecule has 0 bridgehead atoms. The van der Waals surface area contributed by atoms with Gasteiger partial charge in [0.1, 0.15) is 23.4 Å². The second kappa shape index (κ2) is 7.64. The summed E-state index contributed by atoms with van der Waals surface area (Å²) in [4.78, 5) is 13.3. The van der Waals surface area contributed by atoms with Crippen molar-refractivity contribution in [1.82, 2.24) is 24.7 Å². The zero-order valence-corrected chi connectivity index (χ0v) is 17.5. The Morgan fingerprint density at radius 2 is 1.84 bits per heavy atom. The number of benzene rings is 2. The van der Waals surface area contributed by atoms with Gasteiger partial charge in [0.15, 0.2) is 11.2 Å². The molecule has 6 rings (SSSR count). The first-order valence-corrected chi connectivity index (χ1v) is 11.0. The van der Waals surface area contributed by atoms with Crippen LogP contribution in [0.4, 0.5) is 17.5 Å². The van der Waals surface area contributed by atoms with Crippen molar-refractivity contribution < 1.29 is 4.42 Å². The molecule has 0 spiro atoms. The van der Waals surface area contributed by atoms with Crippen molar-refractivity contribution >= 4 is 39.7 Å². The van der Waals surface area contributed by atoms with Crippen LogP contribution in [0.25, 0.3) is 33.4 Å². The number of hydrogen-bond donors (Lipinski definition) is 2. The van der Waals surface area contributed by atoms with E-state index in [2.05, 4.69) is 25.0 Å². The van der Waals surface area contributed by atoms with Crippen LogP contribution in [0.3, 0.4) is 0 Å². The Morgan fingerprint density at radius 1 is 1.00 bits per heavy atom. The highest BCUT2D eigenvalue weighted by Crippen LogP contribution is 2.36. The first kappa shape index (κ1) is 18.8. The number of hydrogen-bond acceptors (Lipinski definition) is 7. The van der Waals surface area contributed by atoms with Crippen LogP contribution in [0.1, 0.15) is 38.1 Å². The summed E-state index contributed by atoms with van der Waals surface area (Å²) in [6, 6.07) is 16.5. The summed E-state index contributed by atoms with van der Waals surface area (Å²) in [5, 5.41) is 8.97. The van der Waals surface area contributed by atoms with E-state index >= 15 is 0 Å². The van der Waals surface area contributed by atoms with Gasteiger partial charge in [0.2, 0.25) is 0 Å². The van der Waals surface area contributed by atoms with Crippen molar-refractivity contribution in [2.45, 2.75) is 38.1 Å². The first-order valence-electron chi connectivity index (χ1n) is 11.0. The largest absolute Gasteiger partial charge is 0.423 e. The molecule has 0 radical (unpaired) electrons. The minimum Gasteiger partial charge on any atom is -0.423 e. The monoisotopic (exact) mass is 425 g/mol. The van der Waals surface area contributed by atoms with E-state index in [1.54, 1.807) is 0 Å². The van der Waals surface area contributed by atoms with Crippen molar-refractivity contribution in [2.24, 2.45) is 0 Å². The lowest BCUT2D eigenvalue weighted by atomic mass is 9.96. The van der Waals surface area contributed by atoms with Gasteiger partial charge in [0.05, 0.1) is 11.4 Å². The lowest BCUT2D eigenvalue weighted by molar-refractivity contribution is 0.336. The van der Waals surface area contributed by atoms with Gasteiger partial charge < -0.3 is 15.5 Å². The maximum atomic E-state index is 6.29. The summed E-state index contributed by atoms with van der Waals surface area (Å²) in [6.45, 7) is 0. The van der Waals surface area contributed by atoms with Crippen molar-refractivity contribution in [3.63, 3.8) is 0 Å². The predicted molar refractivity (Wildman–Crippen MR) is 125 cm³/mol. The quantitative estimate of drug-likeness (QED) is 0.393. The highest BCUT2D eigenvalue weighted by atomic mass is 16.4. The van der Waals surface area contributed by atoms with Crippen molar-refractivity contribution in [3.8, 4) is 11.3 Å². The molecule has 1 saturated carbocycles.